The average molecular weight is 500 g/mol. The normalized spacial score (nSPS) is 31.8. The van der Waals surface area contributed by atoms with Gasteiger partial charge in [0.05, 0.1) is 35.1 Å². The van der Waals surface area contributed by atoms with Gasteiger partial charge in [0.15, 0.2) is 5.65 Å². The molecule has 36 heavy (non-hydrogen) atoms. The number of hydrogen-bond donors (Lipinski definition) is 0. The first-order chi connectivity index (χ1) is 17.1. The molecule has 3 aromatic rings. The van der Waals surface area contributed by atoms with E-state index in [9.17, 15) is 18.0 Å². The van der Waals surface area contributed by atoms with Crippen LogP contribution in [0.15, 0.2) is 23.4 Å². The molecule has 2 bridgehead atoms. The molecule has 0 unspecified atom stereocenters. The van der Waals surface area contributed by atoms with E-state index in [1.165, 1.54) is 4.40 Å². The minimum absolute atomic E-state index is 0.0219. The smallest absolute Gasteiger partial charge is 0.373 e. The van der Waals surface area contributed by atoms with Crippen LogP contribution in [0.4, 0.5) is 13.2 Å². The molecular weight excluding hydrogens is 471 g/mol. The highest BCUT2D eigenvalue weighted by atomic mass is 19.4. The molecule has 10 heteroatoms. The summed E-state index contributed by atoms with van der Waals surface area (Å²) in [5, 5.41) is 4.49. The second-order valence-corrected chi connectivity index (χ2v) is 11.5. The minimum atomic E-state index is -4.21. The molecule has 2 atom stereocenters. The van der Waals surface area contributed by atoms with Gasteiger partial charge in [0.25, 0.3) is 5.56 Å². The van der Waals surface area contributed by atoms with Gasteiger partial charge in [-0.15, -0.1) is 0 Å². The molecule has 5 aliphatic rings. The molecule has 7 nitrogen and oxygen atoms in total. The van der Waals surface area contributed by atoms with E-state index in [1.807, 2.05) is 10.9 Å². The molecule has 0 spiro atoms. The van der Waals surface area contributed by atoms with Crippen LogP contribution in [0.25, 0.3) is 5.65 Å². The zero-order valence-electron chi connectivity index (χ0n) is 20.3. The molecule has 190 valence electrons. The predicted molar refractivity (Wildman–Crippen MR) is 124 cm³/mol. The molecule has 4 saturated carbocycles. The van der Waals surface area contributed by atoms with E-state index in [0.717, 1.165) is 30.5 Å². The zero-order valence-corrected chi connectivity index (χ0v) is 20.3. The van der Waals surface area contributed by atoms with Crippen molar-refractivity contribution >= 4 is 5.65 Å². The molecule has 0 amide bonds. The number of aromatic nitrogens is 5. The number of halogens is 3. The summed E-state index contributed by atoms with van der Waals surface area (Å²) in [7, 11) is 0. The van der Waals surface area contributed by atoms with Crippen molar-refractivity contribution < 1.29 is 17.9 Å². The van der Waals surface area contributed by atoms with E-state index in [0.29, 0.717) is 41.7 Å². The van der Waals surface area contributed by atoms with Crippen molar-refractivity contribution in [2.24, 2.45) is 5.41 Å². The van der Waals surface area contributed by atoms with Gasteiger partial charge in [-0.1, -0.05) is 0 Å². The fourth-order valence-corrected chi connectivity index (χ4v) is 6.60. The second kappa shape index (κ2) is 7.18. The van der Waals surface area contributed by atoms with Crippen molar-refractivity contribution in [2.45, 2.75) is 88.4 Å². The Morgan fingerprint density at radius 2 is 1.83 bits per heavy atom. The van der Waals surface area contributed by atoms with Crippen LogP contribution >= 0.6 is 0 Å². The Balaban J connectivity index is 1.27. The van der Waals surface area contributed by atoms with E-state index in [4.69, 9.17) is 9.72 Å². The van der Waals surface area contributed by atoms with E-state index in [-0.39, 0.29) is 36.8 Å². The molecule has 0 radical (unpaired) electrons. The Kier molecular flexibility index (Phi) is 4.47. The van der Waals surface area contributed by atoms with E-state index < -0.39 is 17.0 Å². The molecule has 0 aromatic carbocycles. The summed E-state index contributed by atoms with van der Waals surface area (Å²) in [6.45, 7) is 4.04. The van der Waals surface area contributed by atoms with Crippen molar-refractivity contribution in [3.05, 3.63) is 57.2 Å². The Hall–Kier alpha value is -2.75. The summed E-state index contributed by atoms with van der Waals surface area (Å²) in [5.74, 6) is 0.0219. The molecule has 0 N–H and O–H groups in total. The van der Waals surface area contributed by atoms with Crippen LogP contribution in [0.5, 0.6) is 0 Å². The second-order valence-electron chi connectivity index (χ2n) is 11.5. The predicted octanol–water partition coefficient (Wildman–Crippen LogP) is 4.86. The van der Waals surface area contributed by atoms with E-state index in [2.05, 4.69) is 16.3 Å². The average Bonchev–Trinajstić information content (AvgIpc) is 3.51. The van der Waals surface area contributed by atoms with Crippen molar-refractivity contribution in [1.29, 1.82) is 0 Å². The molecular formula is C26H28F3N5O2. The first-order valence-corrected chi connectivity index (χ1v) is 12.7. The van der Waals surface area contributed by atoms with Gasteiger partial charge in [-0.2, -0.15) is 18.3 Å². The standard InChI is InChI=1S/C26H28F3N5O2/c1-14-15(2)31-22-21(24-11-25(12-24,13-24)26(27,28)29)32-19(10-33(22)23(14)35)16-5-6-36-20(7-16)17-8-30-34(9-17)18-3-4-18/h8-10,16,18,20H,3-7,11-13H2,1-2H3/t16-,20+,24?,25?/m0/s1. The van der Waals surface area contributed by atoms with Gasteiger partial charge in [0.2, 0.25) is 0 Å². The fraction of sp³-hybridized carbons (Fsp3) is 0.615. The highest BCUT2D eigenvalue weighted by Crippen LogP contribution is 2.78. The number of ether oxygens (including phenoxy) is 1. The number of hydrogen-bond acceptors (Lipinski definition) is 5. The molecule has 4 heterocycles. The van der Waals surface area contributed by atoms with Crippen LogP contribution in [0.1, 0.15) is 91.2 Å². The SMILES string of the molecule is Cc1nc2c(C34CC(C(F)(F)F)(C3)C4)nc([C@H]3CCO[C@@H](c4cnn(C5CC5)c4)C3)cn2c(=O)c1C. The summed E-state index contributed by atoms with van der Waals surface area (Å²) in [5.41, 5.74) is 1.40. The van der Waals surface area contributed by atoms with Gasteiger partial charge in [-0.25, -0.2) is 4.98 Å². The largest absolute Gasteiger partial charge is 0.394 e. The highest BCUT2D eigenvalue weighted by molar-refractivity contribution is 5.54. The van der Waals surface area contributed by atoms with Crippen LogP contribution < -0.4 is 5.56 Å². The van der Waals surface area contributed by atoms with Crippen LogP contribution in [-0.2, 0) is 10.2 Å². The fourth-order valence-electron chi connectivity index (χ4n) is 6.60. The minimum Gasteiger partial charge on any atom is -0.373 e. The molecule has 5 fully saturated rings. The van der Waals surface area contributed by atoms with Gasteiger partial charge in [0.1, 0.15) is 0 Å². The summed E-state index contributed by atoms with van der Waals surface area (Å²) in [6.07, 6.45) is 5.13. The van der Waals surface area contributed by atoms with Crippen molar-refractivity contribution in [3.63, 3.8) is 0 Å². The lowest BCUT2D eigenvalue weighted by molar-refractivity contribution is -0.337. The van der Waals surface area contributed by atoms with Gasteiger partial charge in [-0.05, 0) is 58.8 Å². The van der Waals surface area contributed by atoms with Gasteiger partial charge in [0, 0.05) is 47.2 Å². The van der Waals surface area contributed by atoms with Gasteiger partial charge in [-0.3, -0.25) is 18.9 Å². The maximum atomic E-state index is 13.6. The Bertz CT molecular complexity index is 1430. The molecule has 3 aromatic heterocycles. The third kappa shape index (κ3) is 3.09. The van der Waals surface area contributed by atoms with E-state index >= 15 is 0 Å². The molecule has 1 saturated heterocycles. The lowest BCUT2D eigenvalue weighted by Crippen LogP contribution is -2.70. The summed E-state index contributed by atoms with van der Waals surface area (Å²) in [6, 6.07) is 0.488. The number of rotatable bonds is 4. The number of aryl methyl sites for hydroxylation is 1. The lowest BCUT2D eigenvalue weighted by atomic mass is 9.34. The van der Waals surface area contributed by atoms with E-state index in [1.54, 1.807) is 20.0 Å². The summed E-state index contributed by atoms with van der Waals surface area (Å²) < 4.78 is 50.5. The van der Waals surface area contributed by atoms with Crippen LogP contribution in [-0.4, -0.2) is 36.9 Å². The van der Waals surface area contributed by atoms with Crippen molar-refractivity contribution in [1.82, 2.24) is 24.1 Å². The number of alkyl halides is 3. The lowest BCUT2D eigenvalue weighted by Gasteiger charge is -2.70. The third-order valence-corrected chi connectivity index (χ3v) is 9.05. The molecule has 1 aliphatic heterocycles. The van der Waals surface area contributed by atoms with Crippen molar-refractivity contribution in [3.8, 4) is 0 Å². The summed E-state index contributed by atoms with van der Waals surface area (Å²) >= 11 is 0. The molecule has 4 aliphatic carbocycles. The third-order valence-electron chi connectivity index (χ3n) is 9.05. The van der Waals surface area contributed by atoms with Crippen LogP contribution in [0.3, 0.4) is 0 Å². The maximum Gasteiger partial charge on any atom is 0.394 e. The quantitative estimate of drug-likeness (QED) is 0.513. The Labute approximate surface area is 205 Å². The summed E-state index contributed by atoms with van der Waals surface area (Å²) in [4.78, 5) is 22.9. The van der Waals surface area contributed by atoms with Crippen LogP contribution in [0.2, 0.25) is 0 Å². The van der Waals surface area contributed by atoms with Gasteiger partial charge >= 0.3 is 6.18 Å². The maximum absolute atomic E-state index is 13.6. The highest BCUT2D eigenvalue weighted by Gasteiger charge is 2.79. The number of nitrogens with zero attached hydrogens (tertiary/aromatic N) is 5. The van der Waals surface area contributed by atoms with Crippen LogP contribution in [0, 0.1) is 19.3 Å². The zero-order chi connectivity index (χ0) is 25.0. The Morgan fingerprint density at radius 1 is 1.08 bits per heavy atom. The van der Waals surface area contributed by atoms with Gasteiger partial charge < -0.3 is 4.74 Å². The first kappa shape index (κ1) is 22.4. The number of fused-ring (bicyclic) bond motifs is 1. The molecule has 8 rings (SSSR count). The topological polar surface area (TPSA) is 74.3 Å². The monoisotopic (exact) mass is 499 g/mol. The first-order valence-electron chi connectivity index (χ1n) is 12.7. The Morgan fingerprint density at radius 3 is 2.53 bits per heavy atom. The van der Waals surface area contributed by atoms with Crippen molar-refractivity contribution in [2.75, 3.05) is 6.61 Å².